The number of rotatable bonds is 6. The van der Waals surface area contributed by atoms with Gasteiger partial charge in [0.1, 0.15) is 23.7 Å². The van der Waals surface area contributed by atoms with Gasteiger partial charge in [-0.15, -0.1) is 0 Å². The van der Waals surface area contributed by atoms with Crippen molar-refractivity contribution in [3.8, 4) is 11.8 Å². The van der Waals surface area contributed by atoms with Crippen molar-refractivity contribution in [2.75, 3.05) is 19.3 Å². The van der Waals surface area contributed by atoms with Crippen LogP contribution >= 0.6 is 11.6 Å². The number of halogens is 1. The molecule has 0 spiro atoms. The first-order chi connectivity index (χ1) is 11.9. The fourth-order valence-corrected chi connectivity index (χ4v) is 2.37. The van der Waals surface area contributed by atoms with Gasteiger partial charge in [-0.2, -0.15) is 5.26 Å². The molecule has 25 heavy (non-hydrogen) atoms. The molecule has 1 heterocycles. The smallest absolute Gasteiger partial charge is 0.407 e. The van der Waals surface area contributed by atoms with Crippen LogP contribution in [0.2, 0.25) is 5.02 Å². The van der Waals surface area contributed by atoms with E-state index in [0.29, 0.717) is 28.6 Å². The molecule has 0 aliphatic heterocycles. The van der Waals surface area contributed by atoms with E-state index in [2.05, 4.69) is 4.98 Å². The Hall–Kier alpha value is -2.98. The number of hydrogen-bond acceptors (Lipinski definition) is 5. The molecule has 0 bridgehead atoms. The molecule has 0 radical (unpaired) electrons. The number of nitrogens with two attached hydrogens (primary N) is 1. The van der Waals surface area contributed by atoms with Gasteiger partial charge in [0, 0.05) is 37.3 Å². The molecular weight excluding hydrogens is 344 g/mol. The van der Waals surface area contributed by atoms with E-state index < -0.39 is 12.2 Å². The average molecular weight is 361 g/mol. The number of anilines is 1. The van der Waals surface area contributed by atoms with Crippen molar-refractivity contribution in [2.24, 2.45) is 0 Å². The third-order valence-corrected chi connectivity index (χ3v) is 3.80. The average Bonchev–Trinajstić information content (AvgIpc) is 2.58. The normalized spacial score (nSPS) is 11.4. The third-order valence-electron chi connectivity index (χ3n) is 3.56. The molecule has 1 unspecified atom stereocenters. The summed E-state index contributed by atoms with van der Waals surface area (Å²) < 4.78 is 5.98. The SMILES string of the molecule is CN(CCC(Oc1cc(Cl)ccc1C#N)c1ccnc(N)c1)C(=O)O. The lowest BCUT2D eigenvalue weighted by atomic mass is 10.1. The molecule has 0 saturated carbocycles. The molecule has 8 heteroatoms. The Balaban J connectivity index is 2.30. The van der Waals surface area contributed by atoms with Gasteiger partial charge < -0.3 is 20.5 Å². The molecule has 3 N–H and O–H groups in total. The van der Waals surface area contributed by atoms with Crippen LogP contribution in [0.1, 0.15) is 23.7 Å². The third kappa shape index (κ3) is 4.99. The minimum atomic E-state index is -1.03. The highest BCUT2D eigenvalue weighted by molar-refractivity contribution is 6.30. The van der Waals surface area contributed by atoms with Crippen LogP contribution in [0, 0.1) is 11.3 Å². The number of amides is 1. The molecule has 2 aromatic rings. The van der Waals surface area contributed by atoms with Crippen molar-refractivity contribution in [2.45, 2.75) is 12.5 Å². The van der Waals surface area contributed by atoms with Crippen LogP contribution in [0.15, 0.2) is 36.5 Å². The lowest BCUT2D eigenvalue weighted by Gasteiger charge is -2.22. The van der Waals surface area contributed by atoms with E-state index in [1.165, 1.54) is 7.05 Å². The van der Waals surface area contributed by atoms with Gasteiger partial charge in [0.25, 0.3) is 0 Å². The number of nitrogen functional groups attached to an aromatic ring is 1. The second-order valence-corrected chi connectivity index (χ2v) is 5.80. The van der Waals surface area contributed by atoms with Crippen LogP contribution < -0.4 is 10.5 Å². The van der Waals surface area contributed by atoms with Gasteiger partial charge >= 0.3 is 6.09 Å². The van der Waals surface area contributed by atoms with Gasteiger partial charge in [-0.1, -0.05) is 11.6 Å². The molecular formula is C17H17ClN4O3. The number of benzene rings is 1. The monoisotopic (exact) mass is 360 g/mol. The van der Waals surface area contributed by atoms with Gasteiger partial charge in [-0.25, -0.2) is 9.78 Å². The van der Waals surface area contributed by atoms with Crippen molar-refractivity contribution < 1.29 is 14.6 Å². The summed E-state index contributed by atoms with van der Waals surface area (Å²) in [5.74, 6) is 0.651. The Bertz CT molecular complexity index is 807. The number of nitrogens with zero attached hydrogens (tertiary/aromatic N) is 3. The van der Waals surface area contributed by atoms with Crippen molar-refractivity contribution >= 4 is 23.5 Å². The predicted octanol–water partition coefficient (Wildman–Crippen LogP) is 3.31. The summed E-state index contributed by atoms with van der Waals surface area (Å²) in [6, 6.07) is 10.2. The molecule has 0 saturated heterocycles. The Morgan fingerprint density at radius 2 is 2.24 bits per heavy atom. The highest BCUT2D eigenvalue weighted by Crippen LogP contribution is 2.30. The van der Waals surface area contributed by atoms with Crippen LogP contribution in [0.25, 0.3) is 0 Å². The Kier molecular flexibility index (Phi) is 6.03. The lowest BCUT2D eigenvalue weighted by Crippen LogP contribution is -2.27. The van der Waals surface area contributed by atoms with Gasteiger partial charge in [0.15, 0.2) is 0 Å². The zero-order chi connectivity index (χ0) is 18.4. The Labute approximate surface area is 150 Å². The first-order valence-corrected chi connectivity index (χ1v) is 7.80. The minimum Gasteiger partial charge on any atom is -0.484 e. The number of nitriles is 1. The number of ether oxygens (including phenoxy) is 1. The summed E-state index contributed by atoms with van der Waals surface area (Å²) in [7, 11) is 1.47. The van der Waals surface area contributed by atoms with Crippen LogP contribution in [0.3, 0.4) is 0 Å². The molecule has 1 amide bonds. The largest absolute Gasteiger partial charge is 0.484 e. The zero-order valence-electron chi connectivity index (χ0n) is 13.5. The molecule has 1 aromatic heterocycles. The topological polar surface area (TPSA) is 112 Å². The second-order valence-electron chi connectivity index (χ2n) is 5.37. The summed E-state index contributed by atoms with van der Waals surface area (Å²) in [4.78, 5) is 16.1. The molecule has 2 rings (SSSR count). The summed E-state index contributed by atoms with van der Waals surface area (Å²) >= 11 is 5.99. The quantitative estimate of drug-likeness (QED) is 0.817. The molecule has 1 aromatic carbocycles. The summed E-state index contributed by atoms with van der Waals surface area (Å²) in [5.41, 5.74) is 6.80. The van der Waals surface area contributed by atoms with Crippen LogP contribution in [0.4, 0.5) is 10.6 Å². The first-order valence-electron chi connectivity index (χ1n) is 7.42. The van der Waals surface area contributed by atoms with Crippen molar-refractivity contribution in [3.63, 3.8) is 0 Å². The predicted molar refractivity (Wildman–Crippen MR) is 93.5 cm³/mol. The van der Waals surface area contributed by atoms with E-state index in [-0.39, 0.29) is 6.54 Å². The van der Waals surface area contributed by atoms with Gasteiger partial charge in [0.05, 0.1) is 5.56 Å². The van der Waals surface area contributed by atoms with Crippen LogP contribution in [-0.2, 0) is 0 Å². The van der Waals surface area contributed by atoms with E-state index in [0.717, 1.165) is 10.5 Å². The minimum absolute atomic E-state index is 0.241. The molecule has 7 nitrogen and oxygen atoms in total. The molecule has 0 aliphatic rings. The van der Waals surface area contributed by atoms with Crippen LogP contribution in [-0.4, -0.2) is 34.7 Å². The van der Waals surface area contributed by atoms with E-state index in [1.807, 2.05) is 6.07 Å². The lowest BCUT2D eigenvalue weighted by molar-refractivity contribution is 0.140. The highest BCUT2D eigenvalue weighted by atomic mass is 35.5. The van der Waals surface area contributed by atoms with E-state index >= 15 is 0 Å². The highest BCUT2D eigenvalue weighted by Gasteiger charge is 2.18. The van der Waals surface area contributed by atoms with Crippen molar-refractivity contribution in [3.05, 3.63) is 52.7 Å². The molecule has 0 aliphatic carbocycles. The first kappa shape index (κ1) is 18.4. The Morgan fingerprint density at radius 1 is 1.48 bits per heavy atom. The number of carbonyl (C=O) groups is 1. The molecule has 130 valence electrons. The number of aromatic nitrogens is 1. The van der Waals surface area contributed by atoms with E-state index in [1.54, 1.807) is 36.5 Å². The second kappa shape index (κ2) is 8.22. The fraction of sp³-hybridized carbons (Fsp3) is 0.235. The maximum atomic E-state index is 11.0. The van der Waals surface area contributed by atoms with E-state index in [4.69, 9.17) is 27.2 Å². The number of carboxylic acid groups (broad SMARTS) is 1. The maximum Gasteiger partial charge on any atom is 0.407 e. The standard InChI is InChI=1S/C17H17ClN4O3/c1-22(17(23)24)7-5-14(11-4-6-21-16(20)8-11)25-15-9-13(18)3-2-12(15)10-19/h2-4,6,8-9,14H,5,7H2,1H3,(H2,20,21)(H,23,24). The van der Waals surface area contributed by atoms with Gasteiger partial charge in [-0.3, -0.25) is 0 Å². The van der Waals surface area contributed by atoms with Crippen molar-refractivity contribution in [1.29, 1.82) is 5.26 Å². The van der Waals surface area contributed by atoms with Crippen LogP contribution in [0.5, 0.6) is 5.75 Å². The number of hydrogen-bond donors (Lipinski definition) is 2. The zero-order valence-corrected chi connectivity index (χ0v) is 14.3. The van der Waals surface area contributed by atoms with E-state index in [9.17, 15) is 10.1 Å². The Morgan fingerprint density at radius 3 is 2.88 bits per heavy atom. The number of pyridine rings is 1. The summed E-state index contributed by atoms with van der Waals surface area (Å²) in [6.45, 7) is 0.241. The maximum absolute atomic E-state index is 11.0. The molecule has 0 fully saturated rings. The fourth-order valence-electron chi connectivity index (χ4n) is 2.21. The summed E-state index contributed by atoms with van der Waals surface area (Å²) in [5, 5.41) is 18.7. The van der Waals surface area contributed by atoms with Gasteiger partial charge in [-0.05, 0) is 29.8 Å². The summed E-state index contributed by atoms with van der Waals surface area (Å²) in [6.07, 6.45) is 0.362. The molecule has 1 atom stereocenters. The van der Waals surface area contributed by atoms with Gasteiger partial charge in [0.2, 0.25) is 0 Å². The van der Waals surface area contributed by atoms with Crippen molar-refractivity contribution in [1.82, 2.24) is 9.88 Å².